The van der Waals surface area contributed by atoms with Gasteiger partial charge in [-0.3, -0.25) is 0 Å². The Morgan fingerprint density at radius 1 is 1.53 bits per heavy atom. The zero-order chi connectivity index (χ0) is 11.4. The van der Waals surface area contributed by atoms with Crippen molar-refractivity contribution in [2.24, 2.45) is 4.99 Å². The Morgan fingerprint density at radius 3 is 2.93 bits per heavy atom. The Morgan fingerprint density at radius 2 is 2.33 bits per heavy atom. The van der Waals surface area contributed by atoms with Crippen LogP contribution >= 0.6 is 21.2 Å². The van der Waals surface area contributed by atoms with Gasteiger partial charge in [-0.15, -0.1) is 35.9 Å². The Kier molecular flexibility index (Phi) is 12.5. The molecule has 1 aromatic rings. The molecule has 86 valence electrons. The molecule has 1 nitrogen and oxygen atoms in total. The summed E-state index contributed by atoms with van der Waals surface area (Å²) in [5, 5.41) is 0. The quantitative estimate of drug-likeness (QED) is 0.403. The third-order valence-corrected chi connectivity index (χ3v) is 2.41. The van der Waals surface area contributed by atoms with E-state index in [1.54, 1.807) is 18.8 Å². The van der Waals surface area contributed by atoms with Crippen LogP contribution in [0.15, 0.2) is 29.3 Å². The van der Waals surface area contributed by atoms with Gasteiger partial charge in [0.1, 0.15) is 0 Å². The molecule has 0 spiro atoms. The van der Waals surface area contributed by atoms with Crippen LogP contribution in [0.3, 0.4) is 0 Å². The number of hydrogen-bond acceptors (Lipinski definition) is 2. The molecule has 1 aromatic carbocycles. The molecule has 0 fully saturated rings. The first-order valence-electron chi connectivity index (χ1n) is 4.59. The first-order valence-corrected chi connectivity index (χ1v) is 8.56. The SMILES string of the molecule is CCSCCN=Cc1[c-]cccc1.[Cl][Pt+]. The number of rotatable bonds is 5. The van der Waals surface area contributed by atoms with Crippen molar-refractivity contribution in [3.05, 3.63) is 35.9 Å². The van der Waals surface area contributed by atoms with Gasteiger partial charge >= 0.3 is 28.2 Å². The zero-order valence-corrected chi connectivity index (χ0v) is 12.4. The predicted octanol–water partition coefficient (Wildman–Crippen LogP) is 3.35. The fourth-order valence-corrected chi connectivity index (χ4v) is 1.44. The van der Waals surface area contributed by atoms with E-state index in [2.05, 4.69) is 27.4 Å². The molecule has 0 N–H and O–H groups in total. The van der Waals surface area contributed by atoms with Crippen LogP contribution in [0, 0.1) is 6.07 Å². The second-order valence-corrected chi connectivity index (χ2v) is 3.94. The number of aliphatic imine (C=N–C) groups is 1. The fourth-order valence-electron chi connectivity index (χ4n) is 0.912. The molecule has 0 unspecified atom stereocenters. The van der Waals surface area contributed by atoms with Crippen molar-refractivity contribution in [2.45, 2.75) is 6.92 Å². The molecule has 1 rings (SSSR count). The van der Waals surface area contributed by atoms with Crippen LogP contribution in [0.4, 0.5) is 0 Å². The summed E-state index contributed by atoms with van der Waals surface area (Å²) in [5.41, 5.74) is 1.06. The van der Waals surface area contributed by atoms with Crippen molar-refractivity contribution in [3.8, 4) is 0 Å². The van der Waals surface area contributed by atoms with E-state index in [1.165, 1.54) is 5.75 Å². The molecule has 0 bridgehead atoms. The summed E-state index contributed by atoms with van der Waals surface area (Å²) in [5.74, 6) is 2.28. The van der Waals surface area contributed by atoms with Gasteiger partial charge in [0.15, 0.2) is 0 Å². The maximum atomic E-state index is 4.61. The summed E-state index contributed by atoms with van der Waals surface area (Å²) in [4.78, 5) is 4.30. The van der Waals surface area contributed by atoms with Gasteiger partial charge in [0.2, 0.25) is 0 Å². The van der Waals surface area contributed by atoms with Gasteiger partial charge in [0.05, 0.1) is 0 Å². The van der Waals surface area contributed by atoms with Gasteiger partial charge < -0.3 is 4.99 Å². The Hall–Kier alpha value is 0.218. The topological polar surface area (TPSA) is 12.4 Å². The van der Waals surface area contributed by atoms with Gasteiger partial charge in [-0.1, -0.05) is 13.1 Å². The van der Waals surface area contributed by atoms with E-state index in [1.807, 2.05) is 42.2 Å². The predicted molar refractivity (Wildman–Crippen MR) is 66.6 cm³/mol. The molecule has 0 aliphatic carbocycles. The Balaban J connectivity index is 0.000000921. The van der Waals surface area contributed by atoms with E-state index in [9.17, 15) is 0 Å². The molecule has 0 saturated heterocycles. The summed E-state index contributed by atoms with van der Waals surface area (Å²) >= 11 is 3.53. The van der Waals surface area contributed by atoms with Crippen molar-refractivity contribution in [3.63, 3.8) is 0 Å². The van der Waals surface area contributed by atoms with Gasteiger partial charge in [-0.2, -0.15) is 11.8 Å². The summed E-state index contributed by atoms with van der Waals surface area (Å²) in [6, 6.07) is 11.0. The monoisotopic (exact) mass is 422 g/mol. The van der Waals surface area contributed by atoms with Gasteiger partial charge in [0.25, 0.3) is 0 Å². The van der Waals surface area contributed by atoms with Gasteiger partial charge in [-0.05, 0) is 5.75 Å². The van der Waals surface area contributed by atoms with Gasteiger partial charge in [-0.25, -0.2) is 0 Å². The van der Waals surface area contributed by atoms with E-state index < -0.39 is 0 Å². The molecule has 4 heteroatoms. The molecule has 0 saturated carbocycles. The number of halogens is 1. The summed E-state index contributed by atoms with van der Waals surface area (Å²) in [6.45, 7) is 3.07. The van der Waals surface area contributed by atoms with Crippen LogP contribution in [0.1, 0.15) is 12.5 Å². The number of hydrogen-bond donors (Lipinski definition) is 0. The molecule has 0 atom stereocenters. The Bertz CT molecular complexity index is 254. The maximum absolute atomic E-state index is 4.61. The standard InChI is InChI=1S/C11H14NS.ClH.Pt/c1-2-13-9-8-12-10-11-6-4-3-5-7-11;;/h3-6,10H,2,8-9H2,1H3;1H;/q-1;;+2/p-1. The van der Waals surface area contributed by atoms with Gasteiger partial charge in [0, 0.05) is 12.3 Å². The molecule has 0 amide bonds. The first-order chi connectivity index (χ1) is 7.43. The van der Waals surface area contributed by atoms with Crippen LogP contribution in [0.5, 0.6) is 0 Å². The van der Waals surface area contributed by atoms with Crippen molar-refractivity contribution >= 4 is 27.4 Å². The van der Waals surface area contributed by atoms with E-state index in [4.69, 9.17) is 0 Å². The van der Waals surface area contributed by atoms with E-state index in [-0.39, 0.29) is 0 Å². The average molecular weight is 423 g/mol. The molecule has 0 aliphatic heterocycles. The van der Waals surface area contributed by atoms with Crippen molar-refractivity contribution in [1.82, 2.24) is 0 Å². The molecule has 15 heavy (non-hydrogen) atoms. The zero-order valence-electron chi connectivity index (χ0n) is 8.56. The third-order valence-electron chi connectivity index (χ3n) is 1.53. The summed E-state index contributed by atoms with van der Waals surface area (Å²) in [6.07, 6.45) is 1.89. The average Bonchev–Trinajstić information content (AvgIpc) is 2.33. The molecule has 0 radical (unpaired) electrons. The van der Waals surface area contributed by atoms with Crippen LogP contribution in [0.25, 0.3) is 0 Å². The number of thioether (sulfide) groups is 1. The first kappa shape index (κ1) is 15.2. The Labute approximate surface area is 112 Å². The molecule has 0 aliphatic rings. The molecular weight excluding hydrogens is 409 g/mol. The number of nitrogens with zero attached hydrogens (tertiary/aromatic N) is 1. The van der Waals surface area contributed by atoms with E-state index >= 15 is 0 Å². The third kappa shape index (κ3) is 9.17. The second-order valence-electron chi connectivity index (χ2n) is 2.55. The van der Waals surface area contributed by atoms with Crippen LogP contribution in [-0.4, -0.2) is 24.3 Å². The van der Waals surface area contributed by atoms with Crippen LogP contribution < -0.4 is 0 Å². The number of benzene rings is 1. The summed E-state index contributed by atoms with van der Waals surface area (Å²) < 4.78 is 0. The minimum absolute atomic E-state index is 0.904. The minimum atomic E-state index is 0.904. The van der Waals surface area contributed by atoms with Crippen molar-refractivity contribution in [2.75, 3.05) is 18.1 Å². The fraction of sp³-hybridized carbons (Fsp3) is 0.364. The van der Waals surface area contributed by atoms with Crippen molar-refractivity contribution in [1.29, 1.82) is 0 Å². The normalized spacial score (nSPS) is 9.87. The molecule has 0 heterocycles. The van der Waals surface area contributed by atoms with E-state index in [0.29, 0.717) is 0 Å². The molecular formula is C11H14ClNPtS. The summed E-state index contributed by atoms with van der Waals surface area (Å²) in [7, 11) is 4.61. The molecule has 0 aromatic heterocycles. The second kappa shape index (κ2) is 12.3. The van der Waals surface area contributed by atoms with E-state index in [0.717, 1.165) is 17.9 Å². The van der Waals surface area contributed by atoms with Crippen LogP contribution in [0.2, 0.25) is 0 Å². The van der Waals surface area contributed by atoms with Crippen LogP contribution in [-0.2, 0) is 18.8 Å². The van der Waals surface area contributed by atoms with Crippen molar-refractivity contribution < 1.29 is 18.8 Å².